The molecule has 0 bridgehead atoms. The molecule has 0 aliphatic carbocycles. The molecule has 6 aromatic rings. The van der Waals surface area contributed by atoms with E-state index in [4.69, 9.17) is 18.9 Å². The van der Waals surface area contributed by atoms with E-state index in [0.717, 1.165) is 59.1 Å². The molecule has 0 amide bonds. The third kappa shape index (κ3) is 12.1. The van der Waals surface area contributed by atoms with Crippen molar-refractivity contribution in [3.8, 4) is 46.3 Å². The Bertz CT molecular complexity index is 2840. The van der Waals surface area contributed by atoms with Crippen LogP contribution in [0, 0.1) is 48.1 Å². The minimum absolute atomic E-state index is 0.00719. The molecule has 2 aliphatic rings. The lowest BCUT2D eigenvalue weighted by molar-refractivity contribution is -0.145. The second-order valence-corrected chi connectivity index (χ2v) is 18.1. The van der Waals surface area contributed by atoms with Gasteiger partial charge in [0, 0.05) is 72.3 Å². The number of hydrogen-bond acceptors (Lipinski definition) is 12. The maximum atomic E-state index is 16.0. The van der Waals surface area contributed by atoms with Crippen molar-refractivity contribution in [2.75, 3.05) is 13.1 Å². The van der Waals surface area contributed by atoms with Gasteiger partial charge in [0.2, 0.25) is 0 Å². The Hall–Kier alpha value is -7.92. The van der Waals surface area contributed by atoms with Gasteiger partial charge in [-0.25, -0.2) is 8.78 Å². The summed E-state index contributed by atoms with van der Waals surface area (Å²) in [5.74, 6) is -2.60. The lowest BCUT2D eigenvalue weighted by atomic mass is 9.92. The molecule has 2 saturated heterocycles. The van der Waals surface area contributed by atoms with Gasteiger partial charge in [-0.15, -0.1) is 0 Å². The highest BCUT2D eigenvalue weighted by atomic mass is 19.1. The summed E-state index contributed by atoms with van der Waals surface area (Å²) in [6.45, 7) is 5.35. The predicted molar refractivity (Wildman–Crippen MR) is 261 cm³/mol. The van der Waals surface area contributed by atoms with E-state index < -0.39 is 35.7 Å². The van der Waals surface area contributed by atoms with Gasteiger partial charge in [0.05, 0.1) is 11.1 Å². The number of rotatable bonds is 19. The van der Waals surface area contributed by atoms with Crippen LogP contribution < -0.4 is 18.9 Å². The van der Waals surface area contributed by atoms with Gasteiger partial charge in [-0.3, -0.25) is 29.4 Å². The van der Waals surface area contributed by atoms with Crippen molar-refractivity contribution in [3.63, 3.8) is 0 Å². The molecular formula is C56H54F2N6O8. The molecule has 0 spiro atoms. The zero-order valence-electron chi connectivity index (χ0n) is 40.1. The molecule has 0 unspecified atom stereocenters. The standard InChI is InChI=1S/C56H54F2N6O8/c1-35-41(33-71-53-21-51(69-31-39-17-37(23-59)25-61-27-39)43(19-47(53)57)29-63-15-5-3-13-49(63)55(65)66)9-7-11-45(35)46-12-8-10-42(36(46)2)34-72-54-22-52(70-32-40-18-38(24-60)26-62-28-40)44(20-48(54)58)30-64-16-6-4-14-50(64)56(67)68/h7-12,17-22,25-28,49-50H,3-6,13-16,29-34H2,1-2H3,(H,65,66)(H,67,68)/t49-,50-/m0/s1. The first-order valence-corrected chi connectivity index (χ1v) is 23.8. The Kier molecular flexibility index (Phi) is 16.4. The number of carbonyl (C=O) groups is 2. The SMILES string of the molecule is Cc1c(COc2cc(OCc3cncc(C#N)c3)c(CN3CCCC[C@H]3C(=O)O)cc2F)cccc1-c1cccc(COc2cc(OCc3cncc(C#N)c3)c(CN3CCCC[C@H]3C(=O)O)cc2F)c1C. The summed E-state index contributed by atoms with van der Waals surface area (Å²) >= 11 is 0. The number of aliphatic carboxylic acids is 2. The fourth-order valence-electron chi connectivity index (χ4n) is 9.40. The van der Waals surface area contributed by atoms with E-state index in [-0.39, 0.29) is 51.0 Å². The fraction of sp³-hybridized carbons (Fsp3) is 0.321. The van der Waals surface area contributed by atoms with E-state index in [1.807, 2.05) is 60.0 Å². The van der Waals surface area contributed by atoms with Gasteiger partial charge in [-0.2, -0.15) is 10.5 Å². The van der Waals surface area contributed by atoms with Gasteiger partial charge in [0.1, 0.15) is 62.1 Å². The average Bonchev–Trinajstić information content (AvgIpc) is 3.38. The molecule has 4 heterocycles. The highest BCUT2D eigenvalue weighted by Gasteiger charge is 2.31. The Morgan fingerprint density at radius 2 is 1.00 bits per heavy atom. The second-order valence-electron chi connectivity index (χ2n) is 18.1. The van der Waals surface area contributed by atoms with Gasteiger partial charge in [0.25, 0.3) is 0 Å². The van der Waals surface area contributed by atoms with Crippen LogP contribution in [0.4, 0.5) is 8.78 Å². The van der Waals surface area contributed by atoms with Crippen molar-refractivity contribution < 1.29 is 47.5 Å². The highest BCUT2D eigenvalue weighted by Crippen LogP contribution is 2.36. The monoisotopic (exact) mass is 976 g/mol. The summed E-state index contributed by atoms with van der Waals surface area (Å²) in [5, 5.41) is 38.7. The van der Waals surface area contributed by atoms with Crippen LogP contribution in [0.5, 0.6) is 23.0 Å². The van der Waals surface area contributed by atoms with Crippen molar-refractivity contribution in [2.24, 2.45) is 0 Å². The number of hydrogen-bond donors (Lipinski definition) is 2. The van der Waals surface area contributed by atoms with Crippen LogP contribution in [0.3, 0.4) is 0 Å². The van der Waals surface area contributed by atoms with Gasteiger partial charge in [-0.05, 0) is 110 Å². The summed E-state index contributed by atoms with van der Waals surface area (Å²) in [7, 11) is 0. The predicted octanol–water partition coefficient (Wildman–Crippen LogP) is 9.98. The zero-order chi connectivity index (χ0) is 50.7. The molecule has 0 radical (unpaired) electrons. The molecule has 14 nitrogen and oxygen atoms in total. The maximum absolute atomic E-state index is 16.0. The second kappa shape index (κ2) is 23.3. The molecule has 370 valence electrons. The summed E-state index contributed by atoms with van der Waals surface area (Å²) in [6, 6.07) is 23.2. The molecule has 4 aromatic carbocycles. The normalized spacial score (nSPS) is 16.0. The molecule has 0 saturated carbocycles. The summed E-state index contributed by atoms with van der Waals surface area (Å²) in [5.41, 5.74) is 8.06. The summed E-state index contributed by atoms with van der Waals surface area (Å²) in [6.07, 6.45) is 10.2. The van der Waals surface area contributed by atoms with Gasteiger partial charge < -0.3 is 29.2 Å². The highest BCUT2D eigenvalue weighted by molar-refractivity contribution is 5.74. The molecule has 2 atom stereocenters. The number of pyridine rings is 2. The molecular weight excluding hydrogens is 923 g/mol. The number of nitriles is 2. The van der Waals surface area contributed by atoms with Crippen LogP contribution in [-0.4, -0.2) is 67.1 Å². The van der Waals surface area contributed by atoms with E-state index in [9.17, 15) is 30.3 Å². The number of benzene rings is 4. The van der Waals surface area contributed by atoms with Crippen molar-refractivity contribution in [1.29, 1.82) is 10.5 Å². The first kappa shape index (κ1) is 50.5. The van der Waals surface area contributed by atoms with Crippen molar-refractivity contribution >= 4 is 11.9 Å². The van der Waals surface area contributed by atoms with Gasteiger partial charge in [-0.1, -0.05) is 49.2 Å². The van der Waals surface area contributed by atoms with Crippen LogP contribution in [0.15, 0.2) is 97.6 Å². The minimum atomic E-state index is -0.929. The molecule has 2 N–H and O–H groups in total. The number of aromatic nitrogens is 2. The van der Waals surface area contributed by atoms with Crippen LogP contribution in [0.1, 0.15) is 94.2 Å². The number of carboxylic acid groups (broad SMARTS) is 2. The van der Waals surface area contributed by atoms with E-state index in [2.05, 4.69) is 22.1 Å². The molecule has 16 heteroatoms. The third-order valence-electron chi connectivity index (χ3n) is 13.4. The Labute approximate surface area is 416 Å². The average molecular weight is 977 g/mol. The lowest BCUT2D eigenvalue weighted by Crippen LogP contribution is -2.44. The van der Waals surface area contributed by atoms with Gasteiger partial charge in [0.15, 0.2) is 23.1 Å². The number of carboxylic acids is 2. The molecule has 2 fully saturated rings. The smallest absolute Gasteiger partial charge is 0.320 e. The van der Waals surface area contributed by atoms with Crippen molar-refractivity contribution in [1.82, 2.24) is 19.8 Å². The zero-order valence-corrected chi connectivity index (χ0v) is 40.1. The molecule has 8 rings (SSSR count). The molecule has 2 aromatic heterocycles. The number of ether oxygens (including phenoxy) is 4. The Balaban J connectivity index is 1.01. The van der Waals surface area contributed by atoms with Crippen molar-refractivity contribution in [2.45, 2.75) is 104 Å². The number of likely N-dealkylation sites (tertiary alicyclic amines) is 2. The number of nitrogens with zero attached hydrogens (tertiary/aromatic N) is 6. The van der Waals surface area contributed by atoms with E-state index in [0.29, 0.717) is 70.8 Å². The first-order valence-electron chi connectivity index (χ1n) is 23.8. The van der Waals surface area contributed by atoms with E-state index in [1.165, 1.54) is 36.7 Å². The summed E-state index contributed by atoms with van der Waals surface area (Å²) in [4.78, 5) is 36.1. The summed E-state index contributed by atoms with van der Waals surface area (Å²) < 4.78 is 56.9. The quantitative estimate of drug-likeness (QED) is 0.0779. The maximum Gasteiger partial charge on any atom is 0.320 e. The first-order chi connectivity index (χ1) is 34.9. The topological polar surface area (TPSA) is 191 Å². The fourth-order valence-corrected chi connectivity index (χ4v) is 9.40. The van der Waals surface area contributed by atoms with Crippen LogP contribution >= 0.6 is 0 Å². The van der Waals surface area contributed by atoms with Crippen LogP contribution in [0.2, 0.25) is 0 Å². The van der Waals surface area contributed by atoms with Gasteiger partial charge >= 0.3 is 11.9 Å². The van der Waals surface area contributed by atoms with Crippen LogP contribution in [0.25, 0.3) is 11.1 Å². The largest absolute Gasteiger partial charge is 0.488 e. The van der Waals surface area contributed by atoms with E-state index in [1.54, 1.807) is 24.5 Å². The Morgan fingerprint density at radius 3 is 1.40 bits per heavy atom. The third-order valence-corrected chi connectivity index (χ3v) is 13.4. The number of piperidine rings is 2. The lowest BCUT2D eigenvalue weighted by Gasteiger charge is -2.33. The minimum Gasteiger partial charge on any atom is -0.488 e. The number of halogens is 2. The molecule has 2 aliphatic heterocycles. The molecule has 72 heavy (non-hydrogen) atoms. The van der Waals surface area contributed by atoms with E-state index >= 15 is 8.78 Å². The van der Waals surface area contributed by atoms with Crippen molar-refractivity contribution in [3.05, 3.63) is 165 Å². The Morgan fingerprint density at radius 1 is 0.583 bits per heavy atom. The van der Waals surface area contributed by atoms with Crippen LogP contribution in [-0.2, 0) is 49.1 Å².